The summed E-state index contributed by atoms with van der Waals surface area (Å²) in [6.07, 6.45) is 3.52. The Balaban J connectivity index is 1.84. The molecule has 1 aliphatic carbocycles. The van der Waals surface area contributed by atoms with Gasteiger partial charge in [-0.2, -0.15) is 0 Å². The van der Waals surface area contributed by atoms with Gasteiger partial charge in [-0.1, -0.05) is 0 Å². The molecule has 0 radical (unpaired) electrons. The Labute approximate surface area is 122 Å². The van der Waals surface area contributed by atoms with Gasteiger partial charge in [0, 0.05) is 10.6 Å². The van der Waals surface area contributed by atoms with Gasteiger partial charge in [0.05, 0.1) is 11.6 Å². The van der Waals surface area contributed by atoms with E-state index in [1.54, 1.807) is 12.1 Å². The SMILES string of the molecule is Cc1cc(C(=O)O)ccc1NC1CCCc2sccc21. The monoisotopic (exact) mass is 287 g/mol. The number of hydrogen-bond acceptors (Lipinski definition) is 3. The summed E-state index contributed by atoms with van der Waals surface area (Å²) in [5, 5.41) is 14.7. The number of hydrogen-bond donors (Lipinski definition) is 2. The fraction of sp³-hybridized carbons (Fsp3) is 0.312. The van der Waals surface area contributed by atoms with Gasteiger partial charge in [0.25, 0.3) is 0 Å². The van der Waals surface area contributed by atoms with Gasteiger partial charge in [-0.15, -0.1) is 11.3 Å². The number of carbonyl (C=O) groups is 1. The number of nitrogens with one attached hydrogen (secondary N) is 1. The normalized spacial score (nSPS) is 17.6. The van der Waals surface area contributed by atoms with Crippen molar-refractivity contribution in [2.24, 2.45) is 0 Å². The van der Waals surface area contributed by atoms with Gasteiger partial charge in [-0.3, -0.25) is 0 Å². The van der Waals surface area contributed by atoms with Crippen LogP contribution in [0.1, 0.15) is 45.2 Å². The van der Waals surface area contributed by atoms with Crippen LogP contribution in [0.25, 0.3) is 0 Å². The molecule has 1 aromatic carbocycles. The van der Waals surface area contributed by atoms with E-state index in [4.69, 9.17) is 5.11 Å². The topological polar surface area (TPSA) is 49.3 Å². The maximum Gasteiger partial charge on any atom is 0.335 e. The predicted molar refractivity (Wildman–Crippen MR) is 81.8 cm³/mol. The van der Waals surface area contributed by atoms with Crippen molar-refractivity contribution >= 4 is 23.0 Å². The largest absolute Gasteiger partial charge is 0.478 e. The highest BCUT2D eigenvalue weighted by molar-refractivity contribution is 7.10. The van der Waals surface area contributed by atoms with Crippen LogP contribution in [0, 0.1) is 6.92 Å². The zero-order valence-corrected chi connectivity index (χ0v) is 12.2. The Morgan fingerprint density at radius 3 is 3.00 bits per heavy atom. The number of benzene rings is 1. The van der Waals surface area contributed by atoms with Crippen molar-refractivity contribution in [3.05, 3.63) is 51.2 Å². The minimum Gasteiger partial charge on any atom is -0.478 e. The van der Waals surface area contributed by atoms with E-state index in [1.807, 2.05) is 24.3 Å². The average Bonchev–Trinajstić information content (AvgIpc) is 2.90. The first-order chi connectivity index (χ1) is 9.65. The van der Waals surface area contributed by atoms with Gasteiger partial charge < -0.3 is 10.4 Å². The minimum absolute atomic E-state index is 0.341. The lowest BCUT2D eigenvalue weighted by molar-refractivity contribution is 0.0697. The number of anilines is 1. The number of rotatable bonds is 3. The summed E-state index contributed by atoms with van der Waals surface area (Å²) < 4.78 is 0. The van der Waals surface area contributed by atoms with Crippen LogP contribution in [-0.4, -0.2) is 11.1 Å². The van der Waals surface area contributed by atoms with Crippen molar-refractivity contribution in [2.45, 2.75) is 32.2 Å². The second kappa shape index (κ2) is 5.29. The summed E-state index contributed by atoms with van der Waals surface area (Å²) in [4.78, 5) is 12.4. The summed E-state index contributed by atoms with van der Waals surface area (Å²) in [7, 11) is 0. The summed E-state index contributed by atoms with van der Waals surface area (Å²) in [6.45, 7) is 1.95. The molecule has 1 aliphatic rings. The molecule has 0 saturated carbocycles. The molecular weight excluding hydrogens is 270 g/mol. The van der Waals surface area contributed by atoms with Gasteiger partial charge in [0.2, 0.25) is 0 Å². The van der Waals surface area contributed by atoms with Crippen LogP contribution in [0.15, 0.2) is 29.6 Å². The summed E-state index contributed by atoms with van der Waals surface area (Å²) in [5.41, 5.74) is 3.75. The first-order valence-electron chi connectivity index (χ1n) is 6.82. The molecule has 1 atom stereocenters. The summed E-state index contributed by atoms with van der Waals surface area (Å²) in [5.74, 6) is -0.877. The van der Waals surface area contributed by atoms with Crippen LogP contribution < -0.4 is 5.32 Å². The van der Waals surface area contributed by atoms with E-state index in [0.29, 0.717) is 11.6 Å². The summed E-state index contributed by atoms with van der Waals surface area (Å²) >= 11 is 1.83. The number of aromatic carboxylic acids is 1. The number of aryl methyl sites for hydroxylation is 2. The second-order valence-corrected chi connectivity index (χ2v) is 6.22. The molecule has 3 nitrogen and oxygen atoms in total. The fourth-order valence-electron chi connectivity index (χ4n) is 2.78. The van der Waals surface area contributed by atoms with E-state index < -0.39 is 5.97 Å². The molecule has 104 valence electrons. The molecule has 0 saturated heterocycles. The Hall–Kier alpha value is -1.81. The smallest absolute Gasteiger partial charge is 0.335 e. The van der Waals surface area contributed by atoms with E-state index in [-0.39, 0.29) is 0 Å². The van der Waals surface area contributed by atoms with Crippen molar-refractivity contribution in [2.75, 3.05) is 5.32 Å². The zero-order chi connectivity index (χ0) is 14.1. The molecular formula is C16H17NO2S. The Morgan fingerprint density at radius 2 is 2.25 bits per heavy atom. The average molecular weight is 287 g/mol. The van der Waals surface area contributed by atoms with Crippen LogP contribution in [0.3, 0.4) is 0 Å². The molecule has 0 fully saturated rings. The van der Waals surface area contributed by atoms with Crippen molar-refractivity contribution in [1.82, 2.24) is 0 Å². The van der Waals surface area contributed by atoms with Gasteiger partial charge in [-0.05, 0) is 67.0 Å². The Morgan fingerprint density at radius 1 is 1.40 bits per heavy atom. The number of fused-ring (bicyclic) bond motifs is 1. The fourth-order valence-corrected chi connectivity index (χ4v) is 3.77. The molecule has 1 aromatic heterocycles. The van der Waals surface area contributed by atoms with Crippen LogP contribution in [-0.2, 0) is 6.42 Å². The van der Waals surface area contributed by atoms with Gasteiger partial charge >= 0.3 is 5.97 Å². The number of carboxylic acids is 1. The molecule has 0 aliphatic heterocycles. The third-order valence-electron chi connectivity index (χ3n) is 3.86. The van der Waals surface area contributed by atoms with Crippen LogP contribution in [0.2, 0.25) is 0 Å². The van der Waals surface area contributed by atoms with E-state index in [2.05, 4.69) is 16.8 Å². The molecule has 4 heteroatoms. The standard InChI is InChI=1S/C16H17NO2S/c1-10-9-11(16(18)19)5-6-13(10)17-14-3-2-4-15-12(14)7-8-20-15/h5-9,14,17H,2-4H2,1H3,(H,18,19). The quantitative estimate of drug-likeness (QED) is 0.887. The third-order valence-corrected chi connectivity index (χ3v) is 4.85. The molecule has 0 spiro atoms. The molecule has 2 aromatic rings. The predicted octanol–water partition coefficient (Wildman–Crippen LogP) is 4.24. The molecule has 2 N–H and O–H groups in total. The molecule has 20 heavy (non-hydrogen) atoms. The zero-order valence-electron chi connectivity index (χ0n) is 11.3. The van der Waals surface area contributed by atoms with Gasteiger partial charge in [-0.25, -0.2) is 4.79 Å². The Kier molecular flexibility index (Phi) is 3.49. The van der Waals surface area contributed by atoms with Crippen LogP contribution in [0.4, 0.5) is 5.69 Å². The summed E-state index contributed by atoms with van der Waals surface area (Å²) in [6, 6.07) is 7.81. The lowest BCUT2D eigenvalue weighted by Gasteiger charge is -2.25. The van der Waals surface area contributed by atoms with Gasteiger partial charge in [0.15, 0.2) is 0 Å². The first kappa shape index (κ1) is 13.2. The van der Waals surface area contributed by atoms with Crippen molar-refractivity contribution in [1.29, 1.82) is 0 Å². The second-order valence-electron chi connectivity index (χ2n) is 5.22. The number of thiophene rings is 1. The van der Waals surface area contributed by atoms with Gasteiger partial charge in [0.1, 0.15) is 0 Å². The van der Waals surface area contributed by atoms with Crippen molar-refractivity contribution in [3.63, 3.8) is 0 Å². The molecule has 0 amide bonds. The molecule has 1 unspecified atom stereocenters. The highest BCUT2D eigenvalue weighted by Crippen LogP contribution is 2.36. The highest BCUT2D eigenvalue weighted by Gasteiger charge is 2.21. The maximum atomic E-state index is 11.0. The lowest BCUT2D eigenvalue weighted by Crippen LogP contribution is -2.16. The van der Waals surface area contributed by atoms with Crippen molar-refractivity contribution in [3.8, 4) is 0 Å². The molecule has 0 bridgehead atoms. The third kappa shape index (κ3) is 2.43. The Bertz CT molecular complexity index is 648. The van der Waals surface area contributed by atoms with E-state index in [0.717, 1.165) is 17.7 Å². The lowest BCUT2D eigenvalue weighted by atomic mass is 9.93. The molecule has 1 heterocycles. The highest BCUT2D eigenvalue weighted by atomic mass is 32.1. The number of carboxylic acid groups (broad SMARTS) is 1. The van der Waals surface area contributed by atoms with Crippen LogP contribution in [0.5, 0.6) is 0 Å². The molecule has 3 rings (SSSR count). The van der Waals surface area contributed by atoms with Crippen LogP contribution >= 0.6 is 11.3 Å². The first-order valence-corrected chi connectivity index (χ1v) is 7.70. The van der Waals surface area contributed by atoms with Crippen molar-refractivity contribution < 1.29 is 9.90 Å². The van der Waals surface area contributed by atoms with E-state index in [1.165, 1.54) is 23.3 Å². The van der Waals surface area contributed by atoms with E-state index in [9.17, 15) is 4.79 Å². The maximum absolute atomic E-state index is 11.0. The minimum atomic E-state index is -0.877. The van der Waals surface area contributed by atoms with E-state index >= 15 is 0 Å².